The van der Waals surface area contributed by atoms with Crippen molar-refractivity contribution in [2.24, 2.45) is 5.84 Å². The highest BCUT2D eigenvalue weighted by atomic mass is 15.2. The lowest BCUT2D eigenvalue weighted by atomic mass is 10.0. The minimum atomic E-state index is 0.831. The predicted molar refractivity (Wildman–Crippen MR) is 208 cm³/mol. The van der Waals surface area contributed by atoms with E-state index < -0.39 is 0 Å². The van der Waals surface area contributed by atoms with Crippen LogP contribution in [0.15, 0.2) is 140 Å². The number of nitrogen functional groups attached to an aromatic ring is 1. The molecule has 5 heterocycles. The number of benzene rings is 4. The maximum Gasteiger partial charge on any atom is 0.0737 e. The van der Waals surface area contributed by atoms with E-state index in [1.807, 2.05) is 30.3 Å². The lowest BCUT2D eigenvalue weighted by molar-refractivity contribution is 1.31. The van der Waals surface area contributed by atoms with Crippen molar-refractivity contribution in [2.45, 2.75) is 0 Å². The Balaban J connectivity index is 1.47. The third-order valence-electron chi connectivity index (χ3n) is 9.28. The Morgan fingerprint density at radius 1 is 0.360 bits per heavy atom. The van der Waals surface area contributed by atoms with Gasteiger partial charge in [-0.3, -0.25) is 5.84 Å². The number of rotatable bonds is 5. The highest BCUT2D eigenvalue weighted by Gasteiger charge is 2.18. The number of aromatic amines is 2. The fraction of sp³-hybridized carbons (Fsp3) is 0. The molecule has 0 saturated heterocycles. The lowest BCUT2D eigenvalue weighted by Crippen LogP contribution is -2.06. The average molecular weight is 645 g/mol. The number of nitrogens with one attached hydrogen (secondary N) is 3. The van der Waals surface area contributed by atoms with Gasteiger partial charge >= 0.3 is 0 Å². The van der Waals surface area contributed by atoms with E-state index in [9.17, 15) is 0 Å². The van der Waals surface area contributed by atoms with E-state index in [-0.39, 0.29) is 0 Å². The number of fused-ring (bicyclic) bond motifs is 8. The van der Waals surface area contributed by atoms with Crippen molar-refractivity contribution in [1.82, 2.24) is 19.9 Å². The molecule has 8 bridgehead atoms. The monoisotopic (exact) mass is 644 g/mol. The number of nitrogens with zero attached hydrogens (tertiary/aromatic N) is 2. The van der Waals surface area contributed by atoms with E-state index in [1.54, 1.807) is 0 Å². The molecule has 0 aliphatic carbocycles. The molecular weight excluding hydrogens is 613 g/mol. The molecule has 2 aliphatic heterocycles. The van der Waals surface area contributed by atoms with E-state index in [4.69, 9.17) is 15.8 Å². The minimum Gasteiger partial charge on any atom is -0.354 e. The number of hydrogen-bond donors (Lipinski definition) is 4. The second-order valence-corrected chi connectivity index (χ2v) is 12.3. The first-order valence-corrected chi connectivity index (χ1v) is 16.6. The molecule has 6 heteroatoms. The number of H-pyrrole nitrogens is 2. The Bertz CT molecular complexity index is 2560. The largest absolute Gasteiger partial charge is 0.354 e. The fourth-order valence-electron chi connectivity index (χ4n) is 6.97. The Labute approximate surface area is 289 Å². The third-order valence-corrected chi connectivity index (χ3v) is 9.28. The van der Waals surface area contributed by atoms with Crippen LogP contribution in [0.2, 0.25) is 0 Å². The number of aromatic nitrogens is 4. The van der Waals surface area contributed by atoms with Crippen LogP contribution in [0.25, 0.3) is 90.9 Å². The van der Waals surface area contributed by atoms with Gasteiger partial charge in [0.25, 0.3) is 0 Å². The second-order valence-electron chi connectivity index (χ2n) is 12.3. The topological polar surface area (TPSA) is 95.4 Å². The predicted octanol–water partition coefficient (Wildman–Crippen LogP) is 10.6. The Morgan fingerprint density at radius 3 is 0.960 bits per heavy atom. The summed E-state index contributed by atoms with van der Waals surface area (Å²) in [4.78, 5) is 18.3. The molecule has 3 aromatic heterocycles. The van der Waals surface area contributed by atoms with Gasteiger partial charge in [-0.25, -0.2) is 9.97 Å². The molecule has 0 atom stereocenters. The van der Waals surface area contributed by atoms with Gasteiger partial charge in [0.2, 0.25) is 0 Å². The van der Waals surface area contributed by atoms with Gasteiger partial charge in [-0.1, -0.05) is 103 Å². The van der Waals surface area contributed by atoms with Crippen LogP contribution in [0.4, 0.5) is 5.69 Å². The second kappa shape index (κ2) is 12.4. The zero-order valence-electron chi connectivity index (χ0n) is 27.1. The first kappa shape index (κ1) is 29.4. The molecular formula is C44H32N6. The summed E-state index contributed by atoms with van der Waals surface area (Å²) in [7, 11) is 0. The summed E-state index contributed by atoms with van der Waals surface area (Å²) in [6.45, 7) is 0. The number of nitrogens with two attached hydrogens (primary N) is 1. The molecule has 9 rings (SSSR count). The maximum atomic E-state index is 5.74. The van der Waals surface area contributed by atoms with E-state index in [0.29, 0.717) is 0 Å². The lowest BCUT2D eigenvalue weighted by Gasteiger charge is -2.07. The van der Waals surface area contributed by atoms with Gasteiger partial charge < -0.3 is 15.4 Å². The summed E-state index contributed by atoms with van der Waals surface area (Å²) in [5.74, 6) is 5.74. The third kappa shape index (κ3) is 5.21. The SMILES string of the molecule is NNc1ccc(-c2c3nc(c(-c4ccccc4)c4ccc([nH]4)c(-c4ccccc4)c4nc(c(-c5ccccc5)c5ccc2[nH]5)C=C4)C=C3)cc1. The van der Waals surface area contributed by atoms with Crippen LogP contribution in [0, 0.1) is 0 Å². The summed E-state index contributed by atoms with van der Waals surface area (Å²) < 4.78 is 0. The van der Waals surface area contributed by atoms with Crippen molar-refractivity contribution in [3.05, 3.63) is 162 Å². The van der Waals surface area contributed by atoms with Gasteiger partial charge in [0.05, 0.1) is 22.8 Å². The number of hydrogen-bond acceptors (Lipinski definition) is 4. The van der Waals surface area contributed by atoms with Crippen LogP contribution in [-0.2, 0) is 0 Å². The summed E-state index contributed by atoms with van der Waals surface area (Å²) in [5.41, 5.74) is 19.3. The summed E-state index contributed by atoms with van der Waals surface area (Å²) >= 11 is 0. The van der Waals surface area contributed by atoms with Crippen molar-refractivity contribution < 1.29 is 0 Å². The normalized spacial score (nSPS) is 11.9. The zero-order valence-corrected chi connectivity index (χ0v) is 27.1. The van der Waals surface area contributed by atoms with Gasteiger partial charge in [0, 0.05) is 50.0 Å². The molecule has 0 radical (unpaired) electrons. The van der Waals surface area contributed by atoms with Crippen LogP contribution in [0.1, 0.15) is 22.8 Å². The van der Waals surface area contributed by atoms with Gasteiger partial charge in [-0.05, 0) is 83.0 Å². The Hall–Kier alpha value is -6.76. The highest BCUT2D eigenvalue weighted by molar-refractivity contribution is 5.99. The van der Waals surface area contributed by atoms with Crippen molar-refractivity contribution >= 4 is 52.1 Å². The molecule has 0 spiro atoms. The quantitative estimate of drug-likeness (QED) is 0.111. The van der Waals surface area contributed by atoms with Gasteiger partial charge in [-0.15, -0.1) is 0 Å². The van der Waals surface area contributed by atoms with Gasteiger partial charge in [-0.2, -0.15) is 0 Å². The molecule has 238 valence electrons. The molecule has 50 heavy (non-hydrogen) atoms. The van der Waals surface area contributed by atoms with Crippen LogP contribution in [-0.4, -0.2) is 19.9 Å². The van der Waals surface area contributed by atoms with Gasteiger partial charge in [0.15, 0.2) is 0 Å². The molecule has 0 unspecified atom stereocenters. The Morgan fingerprint density at radius 2 is 0.660 bits per heavy atom. The molecule has 0 amide bonds. The summed E-state index contributed by atoms with van der Waals surface area (Å²) in [6, 6.07) is 48.1. The molecule has 4 aromatic carbocycles. The fourth-order valence-corrected chi connectivity index (χ4v) is 6.97. The van der Waals surface area contributed by atoms with E-state index in [1.165, 1.54) is 0 Å². The smallest absolute Gasteiger partial charge is 0.0737 e. The van der Waals surface area contributed by atoms with E-state index >= 15 is 0 Å². The van der Waals surface area contributed by atoms with E-state index in [2.05, 4.69) is 149 Å². The summed E-state index contributed by atoms with van der Waals surface area (Å²) in [6.07, 6.45) is 8.47. The first-order chi connectivity index (χ1) is 24.7. The van der Waals surface area contributed by atoms with Crippen LogP contribution < -0.4 is 11.3 Å². The van der Waals surface area contributed by atoms with Crippen molar-refractivity contribution in [2.75, 3.05) is 5.43 Å². The van der Waals surface area contributed by atoms with E-state index in [0.717, 1.165) is 95.0 Å². The number of hydrazine groups is 1. The van der Waals surface area contributed by atoms with Gasteiger partial charge in [0.1, 0.15) is 0 Å². The molecule has 0 fully saturated rings. The first-order valence-electron chi connectivity index (χ1n) is 16.6. The Kier molecular flexibility index (Phi) is 7.26. The number of anilines is 1. The van der Waals surface area contributed by atoms with Crippen LogP contribution in [0.5, 0.6) is 0 Å². The standard InChI is InChI=1S/C44H32N6/c45-50-32-18-16-31(17-19-32)44-39-26-24-37(48-39)42(29-12-6-2-7-13-29)35-22-20-33(46-35)41(28-10-4-1-5-11-28)34-21-23-36(47-34)43(30-14-8-3-9-15-30)38-25-27-40(44)49-38/h1-27,46,49-50H,45H2. The summed E-state index contributed by atoms with van der Waals surface area (Å²) in [5, 5.41) is 0. The molecule has 7 aromatic rings. The zero-order chi connectivity index (χ0) is 33.4. The van der Waals surface area contributed by atoms with Crippen molar-refractivity contribution in [3.8, 4) is 44.5 Å². The maximum absolute atomic E-state index is 5.74. The average Bonchev–Trinajstić information content (AvgIpc) is 4.01. The van der Waals surface area contributed by atoms with Crippen LogP contribution >= 0.6 is 0 Å². The molecule has 6 nitrogen and oxygen atoms in total. The molecule has 5 N–H and O–H groups in total. The van der Waals surface area contributed by atoms with Crippen molar-refractivity contribution in [3.63, 3.8) is 0 Å². The van der Waals surface area contributed by atoms with Crippen LogP contribution in [0.3, 0.4) is 0 Å². The molecule has 0 saturated carbocycles. The molecule has 2 aliphatic rings. The minimum absolute atomic E-state index is 0.831. The highest BCUT2D eigenvalue weighted by Crippen LogP contribution is 2.38. The van der Waals surface area contributed by atoms with Crippen molar-refractivity contribution in [1.29, 1.82) is 0 Å².